The van der Waals surface area contributed by atoms with E-state index < -0.39 is 5.72 Å². The second-order valence-electron chi connectivity index (χ2n) is 3.39. The smallest absolute Gasteiger partial charge is 0.237 e. The molecule has 0 radical (unpaired) electrons. The monoisotopic (exact) mass is 185 g/mol. The summed E-state index contributed by atoms with van der Waals surface area (Å²) in [7, 11) is 0. The van der Waals surface area contributed by atoms with Crippen LogP contribution >= 0.6 is 0 Å². The van der Waals surface area contributed by atoms with Crippen molar-refractivity contribution in [1.82, 2.24) is 0 Å². The first kappa shape index (κ1) is 12.3. The molecule has 1 N–H and O–H groups in total. The summed E-state index contributed by atoms with van der Waals surface area (Å²) in [5.74, 6) is 0. The molecular formula is C10H19NO2. The zero-order chi connectivity index (χ0) is 10.2. The fourth-order valence-electron chi connectivity index (χ4n) is 1.24. The van der Waals surface area contributed by atoms with Crippen molar-refractivity contribution in [2.24, 2.45) is 4.99 Å². The van der Waals surface area contributed by atoms with Gasteiger partial charge in [0.05, 0.1) is 0 Å². The average molecular weight is 185 g/mol. The molecular weight excluding hydrogens is 166 g/mol. The number of nitrogens with zero attached hydrogens (tertiary/aromatic N) is 1. The Morgan fingerprint density at radius 2 is 1.69 bits per heavy atom. The number of aliphatic hydroxyl groups is 1. The number of carbonyl (C=O) groups excluding carboxylic acids is 1. The van der Waals surface area contributed by atoms with Gasteiger partial charge in [0.25, 0.3) is 0 Å². The summed E-state index contributed by atoms with van der Waals surface area (Å²) in [6.07, 6.45) is 6.38. The Labute approximate surface area is 79.9 Å². The molecule has 0 aromatic heterocycles. The van der Waals surface area contributed by atoms with Gasteiger partial charge >= 0.3 is 0 Å². The van der Waals surface area contributed by atoms with Crippen LogP contribution in [0.2, 0.25) is 0 Å². The van der Waals surface area contributed by atoms with Crippen LogP contribution in [0.1, 0.15) is 52.4 Å². The lowest BCUT2D eigenvalue weighted by Gasteiger charge is -2.21. The van der Waals surface area contributed by atoms with Crippen molar-refractivity contribution < 1.29 is 9.90 Å². The number of isocyanates is 1. The number of hydrogen-bond acceptors (Lipinski definition) is 3. The van der Waals surface area contributed by atoms with Gasteiger partial charge in [0.15, 0.2) is 5.72 Å². The van der Waals surface area contributed by atoms with E-state index in [-0.39, 0.29) is 0 Å². The Hall–Kier alpha value is -0.660. The standard InChI is InChI=1S/C10H19NO2/c1-3-5-7-10(13,11-9-12)8-6-4-2/h13H,3-8H2,1-2H3. The Morgan fingerprint density at radius 3 is 2.00 bits per heavy atom. The predicted octanol–water partition coefficient (Wildman–Crippen LogP) is 2.39. The molecule has 0 aliphatic rings. The lowest BCUT2D eigenvalue weighted by Crippen LogP contribution is -2.25. The zero-order valence-electron chi connectivity index (χ0n) is 8.55. The van der Waals surface area contributed by atoms with E-state index in [0.717, 1.165) is 25.7 Å². The van der Waals surface area contributed by atoms with Crippen LogP contribution in [-0.2, 0) is 4.79 Å². The SMILES string of the molecule is CCCCC(O)(CCCC)N=C=O. The minimum atomic E-state index is -1.15. The molecule has 0 heterocycles. The zero-order valence-corrected chi connectivity index (χ0v) is 8.55. The molecule has 3 nitrogen and oxygen atoms in total. The maximum Gasteiger partial charge on any atom is 0.237 e. The van der Waals surface area contributed by atoms with Crippen LogP contribution in [0.4, 0.5) is 0 Å². The second-order valence-corrected chi connectivity index (χ2v) is 3.39. The Morgan fingerprint density at radius 1 is 1.23 bits per heavy atom. The van der Waals surface area contributed by atoms with Gasteiger partial charge in [-0.15, -0.1) is 0 Å². The second kappa shape index (κ2) is 6.81. The Kier molecular flexibility index (Phi) is 6.47. The molecule has 0 aliphatic carbocycles. The first-order valence-electron chi connectivity index (χ1n) is 5.00. The van der Waals surface area contributed by atoms with Crippen molar-refractivity contribution in [3.8, 4) is 0 Å². The van der Waals surface area contributed by atoms with E-state index in [1.54, 1.807) is 0 Å². The third-order valence-corrected chi connectivity index (χ3v) is 2.12. The van der Waals surface area contributed by atoms with Crippen molar-refractivity contribution >= 4 is 6.08 Å². The van der Waals surface area contributed by atoms with Crippen LogP contribution in [0.25, 0.3) is 0 Å². The molecule has 0 aromatic rings. The van der Waals surface area contributed by atoms with E-state index in [2.05, 4.69) is 4.99 Å². The molecule has 76 valence electrons. The van der Waals surface area contributed by atoms with Crippen molar-refractivity contribution in [2.75, 3.05) is 0 Å². The number of unbranched alkanes of at least 4 members (excludes halogenated alkanes) is 2. The molecule has 0 spiro atoms. The highest BCUT2D eigenvalue weighted by molar-refractivity contribution is 5.34. The van der Waals surface area contributed by atoms with Crippen molar-refractivity contribution in [3.05, 3.63) is 0 Å². The van der Waals surface area contributed by atoms with E-state index in [9.17, 15) is 9.90 Å². The van der Waals surface area contributed by atoms with Crippen LogP contribution in [0, 0.1) is 0 Å². The highest BCUT2D eigenvalue weighted by Crippen LogP contribution is 2.22. The largest absolute Gasteiger partial charge is 0.368 e. The third kappa shape index (κ3) is 5.56. The van der Waals surface area contributed by atoms with E-state index in [1.807, 2.05) is 13.8 Å². The normalized spacial score (nSPS) is 11.0. The van der Waals surface area contributed by atoms with E-state index >= 15 is 0 Å². The highest BCUT2D eigenvalue weighted by atomic mass is 16.3. The van der Waals surface area contributed by atoms with Crippen LogP contribution in [0.15, 0.2) is 4.99 Å². The van der Waals surface area contributed by atoms with Crippen LogP contribution < -0.4 is 0 Å². The third-order valence-electron chi connectivity index (χ3n) is 2.12. The molecule has 0 saturated carbocycles. The van der Waals surface area contributed by atoms with Gasteiger partial charge in [0.2, 0.25) is 6.08 Å². The number of rotatable bonds is 7. The van der Waals surface area contributed by atoms with E-state index in [4.69, 9.17) is 0 Å². The van der Waals surface area contributed by atoms with E-state index in [1.165, 1.54) is 6.08 Å². The van der Waals surface area contributed by atoms with Gasteiger partial charge in [-0.05, 0) is 25.7 Å². The molecule has 0 saturated heterocycles. The molecule has 3 heteroatoms. The van der Waals surface area contributed by atoms with Crippen molar-refractivity contribution in [3.63, 3.8) is 0 Å². The molecule has 0 fully saturated rings. The quantitative estimate of drug-likeness (QED) is 0.489. The molecule has 0 unspecified atom stereocenters. The maximum absolute atomic E-state index is 10.1. The average Bonchev–Trinajstić information content (AvgIpc) is 2.12. The van der Waals surface area contributed by atoms with Gasteiger partial charge in [-0.1, -0.05) is 26.7 Å². The van der Waals surface area contributed by atoms with Crippen LogP contribution in [-0.4, -0.2) is 16.9 Å². The molecule has 13 heavy (non-hydrogen) atoms. The Balaban J connectivity index is 4.07. The van der Waals surface area contributed by atoms with Gasteiger partial charge < -0.3 is 5.11 Å². The van der Waals surface area contributed by atoms with Gasteiger partial charge in [-0.2, -0.15) is 4.99 Å². The minimum absolute atomic E-state index is 0.568. The summed E-state index contributed by atoms with van der Waals surface area (Å²) in [6.45, 7) is 4.09. The summed E-state index contributed by atoms with van der Waals surface area (Å²) in [6, 6.07) is 0. The minimum Gasteiger partial charge on any atom is -0.368 e. The lowest BCUT2D eigenvalue weighted by atomic mass is 10.0. The number of aliphatic imine (C=N–C) groups is 1. The fraction of sp³-hybridized carbons (Fsp3) is 0.900. The summed E-state index contributed by atoms with van der Waals surface area (Å²) in [4.78, 5) is 13.6. The molecule has 0 aromatic carbocycles. The van der Waals surface area contributed by atoms with Crippen molar-refractivity contribution in [1.29, 1.82) is 0 Å². The summed E-state index contributed by atoms with van der Waals surface area (Å²) >= 11 is 0. The molecule has 0 aliphatic heterocycles. The fourth-order valence-corrected chi connectivity index (χ4v) is 1.24. The first-order chi connectivity index (χ1) is 6.18. The summed E-state index contributed by atoms with van der Waals surface area (Å²) in [5.41, 5.74) is -1.15. The number of hydrogen-bond donors (Lipinski definition) is 1. The maximum atomic E-state index is 10.1. The van der Waals surface area contributed by atoms with Gasteiger partial charge in [-0.25, -0.2) is 4.79 Å². The molecule has 0 atom stereocenters. The predicted molar refractivity (Wildman–Crippen MR) is 52.1 cm³/mol. The summed E-state index contributed by atoms with van der Waals surface area (Å²) in [5, 5.41) is 9.84. The topological polar surface area (TPSA) is 49.7 Å². The van der Waals surface area contributed by atoms with Crippen molar-refractivity contribution in [2.45, 2.75) is 58.1 Å². The van der Waals surface area contributed by atoms with Gasteiger partial charge in [0.1, 0.15) is 0 Å². The highest BCUT2D eigenvalue weighted by Gasteiger charge is 2.24. The first-order valence-corrected chi connectivity index (χ1v) is 5.00. The van der Waals surface area contributed by atoms with E-state index in [0.29, 0.717) is 12.8 Å². The molecule has 0 rings (SSSR count). The van der Waals surface area contributed by atoms with Crippen LogP contribution in [0.3, 0.4) is 0 Å². The van der Waals surface area contributed by atoms with Gasteiger partial charge in [0, 0.05) is 0 Å². The lowest BCUT2D eigenvalue weighted by molar-refractivity contribution is 0.0277. The molecule has 0 bridgehead atoms. The van der Waals surface area contributed by atoms with Gasteiger partial charge in [-0.3, -0.25) is 0 Å². The Bertz CT molecular complexity index is 166. The summed E-state index contributed by atoms with van der Waals surface area (Å²) < 4.78 is 0. The van der Waals surface area contributed by atoms with Crippen LogP contribution in [0.5, 0.6) is 0 Å². The molecule has 0 amide bonds.